The molecule has 0 aliphatic rings. The molecule has 0 saturated carbocycles. The molecule has 0 spiro atoms. The summed E-state index contributed by atoms with van der Waals surface area (Å²) in [6.45, 7) is 0. The molecule has 0 unspecified atom stereocenters. The number of primary amides is 1. The first kappa shape index (κ1) is 10.5. The first-order valence-electron chi connectivity index (χ1n) is 5.58. The van der Waals surface area contributed by atoms with Crippen LogP contribution in [0.3, 0.4) is 0 Å². The molecule has 2 heterocycles. The first-order valence-corrected chi connectivity index (χ1v) is 5.58. The Hall–Kier alpha value is -2.62. The highest BCUT2D eigenvalue weighted by Gasteiger charge is 2.10. The normalized spacial score (nSPS) is 10.7. The van der Waals surface area contributed by atoms with E-state index in [1.807, 2.05) is 30.5 Å². The van der Waals surface area contributed by atoms with E-state index >= 15 is 0 Å². The summed E-state index contributed by atoms with van der Waals surface area (Å²) >= 11 is 0. The molecule has 3 N–H and O–H groups in total. The zero-order valence-electron chi connectivity index (χ0n) is 9.55. The number of rotatable bonds is 2. The van der Waals surface area contributed by atoms with E-state index in [1.165, 1.54) is 0 Å². The molecule has 0 aliphatic carbocycles. The minimum Gasteiger partial charge on any atom is -0.366 e. The molecule has 88 valence electrons. The highest BCUT2D eigenvalue weighted by atomic mass is 16.1. The lowest BCUT2D eigenvalue weighted by Crippen LogP contribution is -2.12. The Balaban J connectivity index is 2.22. The Morgan fingerprint density at radius 1 is 1.22 bits per heavy atom. The second kappa shape index (κ2) is 4.00. The van der Waals surface area contributed by atoms with Crippen LogP contribution in [-0.4, -0.2) is 15.9 Å². The van der Waals surface area contributed by atoms with Crippen molar-refractivity contribution in [3.8, 4) is 11.1 Å². The van der Waals surface area contributed by atoms with Crippen molar-refractivity contribution in [2.24, 2.45) is 5.73 Å². The number of nitrogens with one attached hydrogen (secondary N) is 1. The molecular weight excluding hydrogens is 226 g/mol. The van der Waals surface area contributed by atoms with Gasteiger partial charge in [-0.25, -0.2) is 4.98 Å². The number of pyridine rings is 1. The second-order valence-corrected chi connectivity index (χ2v) is 4.05. The molecule has 2 aromatic heterocycles. The lowest BCUT2D eigenvalue weighted by molar-refractivity contribution is 0.100. The van der Waals surface area contributed by atoms with Crippen molar-refractivity contribution in [2.75, 3.05) is 0 Å². The van der Waals surface area contributed by atoms with E-state index in [1.54, 1.807) is 18.3 Å². The Morgan fingerprint density at radius 2 is 2.06 bits per heavy atom. The minimum atomic E-state index is -0.431. The number of H-pyrrole nitrogens is 1. The van der Waals surface area contributed by atoms with Crippen LogP contribution in [0.2, 0.25) is 0 Å². The number of aromatic amines is 1. The number of amides is 1. The summed E-state index contributed by atoms with van der Waals surface area (Å²) in [7, 11) is 0. The molecule has 4 heteroatoms. The Labute approximate surface area is 103 Å². The highest BCUT2D eigenvalue weighted by Crippen LogP contribution is 2.25. The zero-order valence-corrected chi connectivity index (χ0v) is 9.55. The summed E-state index contributed by atoms with van der Waals surface area (Å²) in [5, 5.41) is 1.01. The average Bonchev–Trinajstić information content (AvgIpc) is 2.85. The van der Waals surface area contributed by atoms with Gasteiger partial charge in [-0.1, -0.05) is 18.2 Å². The zero-order chi connectivity index (χ0) is 12.5. The van der Waals surface area contributed by atoms with Gasteiger partial charge in [0.1, 0.15) is 5.65 Å². The van der Waals surface area contributed by atoms with Crippen LogP contribution in [-0.2, 0) is 0 Å². The maximum Gasteiger partial charge on any atom is 0.249 e. The van der Waals surface area contributed by atoms with Crippen LogP contribution in [0.1, 0.15) is 10.4 Å². The molecule has 0 fully saturated rings. The maximum atomic E-state index is 11.4. The quantitative estimate of drug-likeness (QED) is 0.718. The van der Waals surface area contributed by atoms with Crippen LogP contribution in [0, 0.1) is 0 Å². The third kappa shape index (κ3) is 1.64. The van der Waals surface area contributed by atoms with Crippen molar-refractivity contribution in [2.45, 2.75) is 0 Å². The Morgan fingerprint density at radius 3 is 2.89 bits per heavy atom. The topological polar surface area (TPSA) is 71.8 Å². The van der Waals surface area contributed by atoms with Crippen LogP contribution in [0.25, 0.3) is 22.2 Å². The number of nitrogens with two attached hydrogens (primary N) is 1. The predicted octanol–water partition coefficient (Wildman–Crippen LogP) is 2.33. The lowest BCUT2D eigenvalue weighted by Gasteiger charge is -2.06. The van der Waals surface area contributed by atoms with E-state index in [9.17, 15) is 4.79 Å². The van der Waals surface area contributed by atoms with E-state index in [-0.39, 0.29) is 0 Å². The summed E-state index contributed by atoms with van der Waals surface area (Å²) in [5.41, 5.74) is 8.41. The first-order chi connectivity index (χ1) is 8.75. The minimum absolute atomic E-state index is 0.431. The molecule has 0 saturated heterocycles. The molecular formula is C14H11N3O. The molecule has 0 radical (unpaired) electrons. The summed E-state index contributed by atoms with van der Waals surface area (Å²) in [6, 6.07) is 11.2. The van der Waals surface area contributed by atoms with Gasteiger partial charge >= 0.3 is 0 Å². The fourth-order valence-corrected chi connectivity index (χ4v) is 2.04. The number of benzene rings is 1. The SMILES string of the molecule is NC(=O)c1ccccc1-c1cnc2[nH]ccc2c1. The molecule has 4 nitrogen and oxygen atoms in total. The molecule has 1 amide bonds. The van der Waals surface area contributed by atoms with Crippen LogP contribution < -0.4 is 5.73 Å². The van der Waals surface area contributed by atoms with Crippen molar-refractivity contribution in [3.05, 3.63) is 54.4 Å². The fourth-order valence-electron chi connectivity index (χ4n) is 2.04. The number of hydrogen-bond donors (Lipinski definition) is 2. The number of nitrogens with zero attached hydrogens (tertiary/aromatic N) is 1. The smallest absolute Gasteiger partial charge is 0.249 e. The van der Waals surface area contributed by atoms with Gasteiger partial charge in [0.2, 0.25) is 5.91 Å². The van der Waals surface area contributed by atoms with Crippen LogP contribution in [0.4, 0.5) is 0 Å². The van der Waals surface area contributed by atoms with Crippen molar-refractivity contribution >= 4 is 16.9 Å². The van der Waals surface area contributed by atoms with Crippen molar-refractivity contribution < 1.29 is 4.79 Å². The van der Waals surface area contributed by atoms with E-state index in [0.29, 0.717) is 5.56 Å². The molecule has 3 rings (SSSR count). The molecule has 1 aromatic carbocycles. The summed E-state index contributed by atoms with van der Waals surface area (Å²) in [5.74, 6) is -0.431. The van der Waals surface area contributed by atoms with Crippen molar-refractivity contribution in [1.29, 1.82) is 0 Å². The Bertz CT molecular complexity index is 730. The maximum absolute atomic E-state index is 11.4. The van der Waals surface area contributed by atoms with E-state index in [0.717, 1.165) is 22.2 Å². The predicted molar refractivity (Wildman–Crippen MR) is 70.0 cm³/mol. The third-order valence-electron chi connectivity index (χ3n) is 2.90. The molecule has 0 atom stereocenters. The van der Waals surface area contributed by atoms with Gasteiger partial charge < -0.3 is 10.7 Å². The van der Waals surface area contributed by atoms with E-state index in [2.05, 4.69) is 9.97 Å². The highest BCUT2D eigenvalue weighted by molar-refractivity contribution is 6.00. The second-order valence-electron chi connectivity index (χ2n) is 4.05. The van der Waals surface area contributed by atoms with Gasteiger partial charge in [0.15, 0.2) is 0 Å². The van der Waals surface area contributed by atoms with Crippen molar-refractivity contribution in [3.63, 3.8) is 0 Å². The fraction of sp³-hybridized carbons (Fsp3) is 0. The van der Waals surface area contributed by atoms with Gasteiger partial charge in [-0.2, -0.15) is 0 Å². The summed E-state index contributed by atoms with van der Waals surface area (Å²) < 4.78 is 0. The van der Waals surface area contributed by atoms with E-state index < -0.39 is 5.91 Å². The number of hydrogen-bond acceptors (Lipinski definition) is 2. The number of carbonyl (C=O) groups excluding carboxylic acids is 1. The third-order valence-corrected chi connectivity index (χ3v) is 2.90. The summed E-state index contributed by atoms with van der Waals surface area (Å²) in [4.78, 5) is 18.7. The number of carbonyl (C=O) groups is 1. The van der Waals surface area contributed by atoms with Gasteiger partial charge in [0, 0.05) is 28.9 Å². The summed E-state index contributed by atoms with van der Waals surface area (Å²) in [6.07, 6.45) is 3.57. The molecule has 0 bridgehead atoms. The lowest BCUT2D eigenvalue weighted by atomic mass is 10.0. The monoisotopic (exact) mass is 237 g/mol. The van der Waals surface area contributed by atoms with Gasteiger partial charge in [0.05, 0.1) is 0 Å². The van der Waals surface area contributed by atoms with Gasteiger partial charge in [0.25, 0.3) is 0 Å². The van der Waals surface area contributed by atoms with Gasteiger partial charge in [-0.05, 0) is 23.8 Å². The molecule has 18 heavy (non-hydrogen) atoms. The standard InChI is InChI=1S/C14H11N3O/c15-13(18)12-4-2-1-3-11(12)10-7-9-5-6-16-14(9)17-8-10/h1-8H,(H2,15,18)(H,16,17). The van der Waals surface area contributed by atoms with Crippen LogP contribution >= 0.6 is 0 Å². The van der Waals surface area contributed by atoms with Crippen LogP contribution in [0.15, 0.2) is 48.8 Å². The number of fused-ring (bicyclic) bond motifs is 1. The number of aromatic nitrogens is 2. The van der Waals surface area contributed by atoms with Crippen molar-refractivity contribution in [1.82, 2.24) is 9.97 Å². The molecule has 3 aromatic rings. The van der Waals surface area contributed by atoms with Crippen LogP contribution in [0.5, 0.6) is 0 Å². The van der Waals surface area contributed by atoms with E-state index in [4.69, 9.17) is 5.73 Å². The average molecular weight is 237 g/mol. The van der Waals surface area contributed by atoms with Gasteiger partial charge in [-0.3, -0.25) is 4.79 Å². The largest absolute Gasteiger partial charge is 0.366 e. The van der Waals surface area contributed by atoms with Gasteiger partial charge in [-0.15, -0.1) is 0 Å². The Kier molecular flexibility index (Phi) is 2.34. The molecule has 0 aliphatic heterocycles.